The highest BCUT2D eigenvalue weighted by Gasteiger charge is 2.37. The van der Waals surface area contributed by atoms with Crippen LogP contribution in [0.5, 0.6) is 0 Å². The average Bonchev–Trinajstić information content (AvgIpc) is 2.81. The van der Waals surface area contributed by atoms with Crippen LogP contribution in [-0.4, -0.2) is 11.1 Å². The summed E-state index contributed by atoms with van der Waals surface area (Å²) in [4.78, 5) is 12.7. The Kier molecular flexibility index (Phi) is 4.19. The molecule has 1 atom stereocenters. The largest absolute Gasteiger partial charge is 0.481 e. The van der Waals surface area contributed by atoms with Crippen LogP contribution in [0.15, 0.2) is 35.7 Å². The number of hydrogen-bond donors (Lipinski definition) is 1. The van der Waals surface area contributed by atoms with E-state index in [-0.39, 0.29) is 0 Å². The SMILES string of the molecule is CC(Cc1cccs1)(C(=O)O)c1ccc(Cl)cc1Cl. The summed E-state index contributed by atoms with van der Waals surface area (Å²) in [5.41, 5.74) is -0.480. The van der Waals surface area contributed by atoms with Crippen molar-refractivity contribution >= 4 is 40.5 Å². The van der Waals surface area contributed by atoms with Gasteiger partial charge in [0, 0.05) is 21.3 Å². The van der Waals surface area contributed by atoms with Crippen molar-refractivity contribution in [2.24, 2.45) is 0 Å². The number of aliphatic carboxylic acids is 1. The van der Waals surface area contributed by atoms with Crippen LogP contribution in [0.1, 0.15) is 17.4 Å². The summed E-state index contributed by atoms with van der Waals surface area (Å²) in [6.07, 6.45) is 0.404. The van der Waals surface area contributed by atoms with Gasteiger partial charge in [0.1, 0.15) is 0 Å². The van der Waals surface area contributed by atoms with Crippen molar-refractivity contribution in [1.82, 2.24) is 0 Å². The Bertz CT molecular complexity index is 595. The number of benzene rings is 1. The van der Waals surface area contributed by atoms with Gasteiger partial charge in [-0.3, -0.25) is 4.79 Å². The molecule has 0 aliphatic carbocycles. The zero-order valence-electron chi connectivity index (χ0n) is 10.2. The maximum atomic E-state index is 11.7. The zero-order chi connectivity index (χ0) is 14.0. The molecule has 0 aliphatic rings. The van der Waals surface area contributed by atoms with Gasteiger partial charge < -0.3 is 5.11 Å². The highest BCUT2D eigenvalue weighted by molar-refractivity contribution is 7.09. The highest BCUT2D eigenvalue weighted by Crippen LogP contribution is 2.36. The number of carboxylic acids is 1. The molecule has 0 fully saturated rings. The zero-order valence-corrected chi connectivity index (χ0v) is 12.5. The fraction of sp³-hybridized carbons (Fsp3) is 0.214. The Balaban J connectivity index is 2.47. The lowest BCUT2D eigenvalue weighted by Gasteiger charge is -2.26. The molecule has 1 N–H and O–H groups in total. The van der Waals surface area contributed by atoms with E-state index in [0.29, 0.717) is 22.0 Å². The van der Waals surface area contributed by atoms with E-state index in [1.54, 1.807) is 25.1 Å². The molecule has 1 heterocycles. The van der Waals surface area contributed by atoms with E-state index < -0.39 is 11.4 Å². The summed E-state index contributed by atoms with van der Waals surface area (Å²) in [6.45, 7) is 1.68. The maximum absolute atomic E-state index is 11.7. The van der Waals surface area contributed by atoms with Gasteiger partial charge in [-0.2, -0.15) is 0 Å². The monoisotopic (exact) mass is 314 g/mol. The minimum Gasteiger partial charge on any atom is -0.481 e. The third kappa shape index (κ3) is 2.94. The molecular formula is C14H12Cl2O2S. The van der Waals surface area contributed by atoms with E-state index in [2.05, 4.69) is 0 Å². The number of halogens is 2. The van der Waals surface area contributed by atoms with Gasteiger partial charge in [0.2, 0.25) is 0 Å². The first kappa shape index (κ1) is 14.4. The molecular weight excluding hydrogens is 303 g/mol. The summed E-state index contributed by atoms with van der Waals surface area (Å²) < 4.78 is 0. The number of carbonyl (C=O) groups is 1. The molecule has 0 radical (unpaired) electrons. The maximum Gasteiger partial charge on any atom is 0.314 e. The van der Waals surface area contributed by atoms with Crippen LogP contribution < -0.4 is 0 Å². The summed E-state index contributed by atoms with van der Waals surface area (Å²) in [6, 6.07) is 8.76. The van der Waals surface area contributed by atoms with Crippen LogP contribution in [0.4, 0.5) is 0 Å². The van der Waals surface area contributed by atoms with E-state index >= 15 is 0 Å². The minimum absolute atomic E-state index is 0.383. The van der Waals surface area contributed by atoms with Crippen LogP contribution in [0.3, 0.4) is 0 Å². The number of hydrogen-bond acceptors (Lipinski definition) is 2. The smallest absolute Gasteiger partial charge is 0.314 e. The number of thiophene rings is 1. The van der Waals surface area contributed by atoms with Gasteiger partial charge in [0.15, 0.2) is 0 Å². The summed E-state index contributed by atoms with van der Waals surface area (Å²) in [5.74, 6) is -0.898. The van der Waals surface area contributed by atoms with E-state index in [4.69, 9.17) is 23.2 Å². The summed E-state index contributed by atoms with van der Waals surface area (Å²) >= 11 is 13.6. The van der Waals surface area contributed by atoms with Gasteiger partial charge >= 0.3 is 5.97 Å². The molecule has 1 unspecified atom stereocenters. The van der Waals surface area contributed by atoms with Crippen molar-refractivity contribution in [3.8, 4) is 0 Å². The first-order valence-electron chi connectivity index (χ1n) is 5.65. The molecule has 2 aromatic rings. The van der Waals surface area contributed by atoms with Gasteiger partial charge in [-0.1, -0.05) is 35.3 Å². The van der Waals surface area contributed by atoms with E-state index in [9.17, 15) is 9.90 Å². The molecule has 0 amide bonds. The Morgan fingerprint density at radius 3 is 2.63 bits per heavy atom. The fourth-order valence-corrected chi connectivity index (χ4v) is 3.46. The third-order valence-electron chi connectivity index (χ3n) is 3.11. The van der Waals surface area contributed by atoms with Crippen LogP contribution >= 0.6 is 34.5 Å². The third-order valence-corrected chi connectivity index (χ3v) is 4.53. The van der Waals surface area contributed by atoms with Crippen molar-refractivity contribution in [3.63, 3.8) is 0 Å². The normalized spacial score (nSPS) is 14.1. The highest BCUT2D eigenvalue weighted by atomic mass is 35.5. The molecule has 19 heavy (non-hydrogen) atoms. The van der Waals surface area contributed by atoms with Crippen molar-refractivity contribution in [1.29, 1.82) is 0 Å². The molecule has 0 saturated carbocycles. The lowest BCUT2D eigenvalue weighted by molar-refractivity contribution is -0.143. The molecule has 0 saturated heterocycles. The number of carboxylic acid groups (broad SMARTS) is 1. The van der Waals surface area contributed by atoms with Crippen molar-refractivity contribution < 1.29 is 9.90 Å². The van der Waals surface area contributed by atoms with Gasteiger partial charge in [-0.05, 0) is 36.1 Å². The molecule has 2 nitrogen and oxygen atoms in total. The van der Waals surface area contributed by atoms with Gasteiger partial charge in [-0.25, -0.2) is 0 Å². The molecule has 0 bridgehead atoms. The fourth-order valence-electron chi connectivity index (χ4n) is 1.98. The molecule has 1 aromatic carbocycles. The molecule has 100 valence electrons. The first-order valence-corrected chi connectivity index (χ1v) is 7.28. The van der Waals surface area contributed by atoms with E-state index in [1.165, 1.54) is 11.3 Å². The molecule has 5 heteroatoms. The quantitative estimate of drug-likeness (QED) is 0.892. The lowest BCUT2D eigenvalue weighted by atomic mass is 9.79. The van der Waals surface area contributed by atoms with Gasteiger partial charge in [0.05, 0.1) is 5.41 Å². The first-order chi connectivity index (χ1) is 8.93. The second kappa shape index (κ2) is 5.53. The van der Waals surface area contributed by atoms with E-state index in [0.717, 1.165) is 4.88 Å². The molecule has 1 aromatic heterocycles. The Morgan fingerprint density at radius 1 is 1.37 bits per heavy atom. The number of rotatable bonds is 4. The van der Waals surface area contributed by atoms with Crippen LogP contribution in [0.25, 0.3) is 0 Å². The topological polar surface area (TPSA) is 37.3 Å². The lowest BCUT2D eigenvalue weighted by Crippen LogP contribution is -2.34. The van der Waals surface area contributed by atoms with Crippen LogP contribution in [-0.2, 0) is 16.6 Å². The Labute approximate surface area is 125 Å². The van der Waals surface area contributed by atoms with Crippen molar-refractivity contribution in [2.45, 2.75) is 18.8 Å². The Hall–Kier alpha value is -1.03. The standard InChI is InChI=1S/C14H12Cl2O2S/c1-14(13(17)18,8-10-3-2-6-19-10)11-5-4-9(15)7-12(11)16/h2-7H,8H2,1H3,(H,17,18). The van der Waals surface area contributed by atoms with Crippen LogP contribution in [0, 0.1) is 0 Å². The van der Waals surface area contributed by atoms with Gasteiger partial charge in [-0.15, -0.1) is 11.3 Å². The van der Waals surface area contributed by atoms with Crippen molar-refractivity contribution in [3.05, 3.63) is 56.2 Å². The van der Waals surface area contributed by atoms with Gasteiger partial charge in [0.25, 0.3) is 0 Å². The Morgan fingerprint density at radius 2 is 2.11 bits per heavy atom. The molecule has 2 rings (SSSR count). The predicted molar refractivity (Wildman–Crippen MR) is 79.5 cm³/mol. The minimum atomic E-state index is -1.06. The molecule has 0 aliphatic heterocycles. The average molecular weight is 315 g/mol. The second-order valence-corrected chi connectivity index (χ2v) is 6.39. The summed E-state index contributed by atoms with van der Waals surface area (Å²) in [5, 5.41) is 12.4. The second-order valence-electron chi connectivity index (χ2n) is 4.52. The predicted octanol–water partition coefficient (Wildman–Crippen LogP) is 4.64. The van der Waals surface area contributed by atoms with Crippen LogP contribution in [0.2, 0.25) is 10.0 Å². The van der Waals surface area contributed by atoms with E-state index in [1.807, 2.05) is 17.5 Å². The van der Waals surface area contributed by atoms with Crippen molar-refractivity contribution in [2.75, 3.05) is 0 Å². The summed E-state index contributed by atoms with van der Waals surface area (Å²) in [7, 11) is 0. The molecule has 0 spiro atoms.